The Morgan fingerprint density at radius 2 is 2.10 bits per heavy atom. The van der Waals surface area contributed by atoms with Crippen LogP contribution in [0.4, 0.5) is 0 Å². The van der Waals surface area contributed by atoms with Crippen molar-refractivity contribution in [3.63, 3.8) is 0 Å². The summed E-state index contributed by atoms with van der Waals surface area (Å²) >= 11 is 0. The van der Waals surface area contributed by atoms with E-state index in [4.69, 9.17) is 4.99 Å². The van der Waals surface area contributed by atoms with Crippen molar-refractivity contribution in [1.29, 1.82) is 0 Å². The summed E-state index contributed by atoms with van der Waals surface area (Å²) in [6, 6.07) is 0.404. The van der Waals surface area contributed by atoms with Gasteiger partial charge in [-0.3, -0.25) is 4.99 Å². The van der Waals surface area contributed by atoms with Crippen LogP contribution in [0.15, 0.2) is 4.99 Å². The summed E-state index contributed by atoms with van der Waals surface area (Å²) in [5.74, 6) is 1.83. The van der Waals surface area contributed by atoms with Crippen LogP contribution in [0.3, 0.4) is 0 Å². The molecule has 2 unspecified atom stereocenters. The SMILES string of the molecule is CCC(C)NC(=NCC1CCS(=O)(=O)C1)N1CCCC1. The minimum Gasteiger partial charge on any atom is -0.354 e. The van der Waals surface area contributed by atoms with E-state index >= 15 is 0 Å². The number of likely N-dealkylation sites (tertiary alicyclic amines) is 1. The van der Waals surface area contributed by atoms with E-state index in [9.17, 15) is 8.42 Å². The Balaban J connectivity index is 1.96. The predicted molar refractivity (Wildman–Crippen MR) is 82.8 cm³/mol. The van der Waals surface area contributed by atoms with Gasteiger partial charge in [-0.2, -0.15) is 0 Å². The molecule has 0 aromatic rings. The van der Waals surface area contributed by atoms with E-state index in [2.05, 4.69) is 24.1 Å². The zero-order valence-corrected chi connectivity index (χ0v) is 13.5. The Morgan fingerprint density at radius 3 is 2.65 bits per heavy atom. The second kappa shape index (κ2) is 6.78. The number of guanidine groups is 1. The van der Waals surface area contributed by atoms with Crippen LogP contribution < -0.4 is 5.32 Å². The van der Waals surface area contributed by atoms with Gasteiger partial charge in [0.15, 0.2) is 15.8 Å². The molecule has 2 saturated heterocycles. The number of nitrogens with one attached hydrogen (secondary N) is 1. The first-order chi connectivity index (χ1) is 9.50. The maximum absolute atomic E-state index is 11.5. The van der Waals surface area contributed by atoms with Gasteiger partial charge in [-0.15, -0.1) is 0 Å². The fourth-order valence-corrected chi connectivity index (χ4v) is 4.57. The van der Waals surface area contributed by atoms with Crippen LogP contribution in [-0.4, -0.2) is 56.5 Å². The molecular weight excluding hydrogens is 274 g/mol. The standard InChI is InChI=1S/C14H27N3O2S/c1-3-12(2)16-14(17-7-4-5-8-17)15-10-13-6-9-20(18,19)11-13/h12-13H,3-11H2,1-2H3,(H,15,16). The first-order valence-corrected chi connectivity index (χ1v) is 9.58. The quantitative estimate of drug-likeness (QED) is 0.627. The van der Waals surface area contributed by atoms with Gasteiger partial charge in [0, 0.05) is 25.7 Å². The molecule has 116 valence electrons. The summed E-state index contributed by atoms with van der Waals surface area (Å²) in [5.41, 5.74) is 0. The molecular formula is C14H27N3O2S. The molecule has 0 bridgehead atoms. The Hall–Kier alpha value is -0.780. The molecule has 2 aliphatic rings. The van der Waals surface area contributed by atoms with Crippen LogP contribution in [0, 0.1) is 5.92 Å². The second-order valence-electron chi connectivity index (χ2n) is 6.08. The van der Waals surface area contributed by atoms with Crippen molar-refractivity contribution < 1.29 is 8.42 Å². The highest BCUT2D eigenvalue weighted by molar-refractivity contribution is 7.91. The van der Waals surface area contributed by atoms with Crippen LogP contribution in [0.5, 0.6) is 0 Å². The maximum Gasteiger partial charge on any atom is 0.194 e. The molecule has 2 rings (SSSR count). The van der Waals surface area contributed by atoms with E-state index in [-0.39, 0.29) is 5.92 Å². The van der Waals surface area contributed by atoms with Crippen LogP contribution >= 0.6 is 0 Å². The van der Waals surface area contributed by atoms with Crippen molar-refractivity contribution in [3.05, 3.63) is 0 Å². The van der Waals surface area contributed by atoms with Crippen molar-refractivity contribution in [1.82, 2.24) is 10.2 Å². The van der Waals surface area contributed by atoms with Gasteiger partial charge in [-0.25, -0.2) is 8.42 Å². The molecule has 0 saturated carbocycles. The van der Waals surface area contributed by atoms with E-state index in [1.54, 1.807) is 0 Å². The molecule has 0 amide bonds. The average Bonchev–Trinajstić information content (AvgIpc) is 3.03. The first-order valence-electron chi connectivity index (χ1n) is 7.76. The average molecular weight is 301 g/mol. The number of sulfone groups is 1. The van der Waals surface area contributed by atoms with Gasteiger partial charge in [-0.1, -0.05) is 6.92 Å². The predicted octanol–water partition coefficient (Wildman–Crippen LogP) is 1.26. The molecule has 6 heteroatoms. The minimum atomic E-state index is -2.79. The molecule has 2 fully saturated rings. The summed E-state index contributed by atoms with van der Waals surface area (Å²) in [6.45, 7) is 7.07. The van der Waals surface area contributed by atoms with Crippen LogP contribution in [-0.2, 0) is 9.84 Å². The molecule has 0 aliphatic carbocycles. The number of rotatable bonds is 4. The summed E-state index contributed by atoms with van der Waals surface area (Å²) < 4.78 is 23.0. The molecule has 5 nitrogen and oxygen atoms in total. The molecule has 2 aliphatic heterocycles. The van der Waals surface area contributed by atoms with Gasteiger partial charge in [-0.05, 0) is 38.5 Å². The van der Waals surface area contributed by atoms with Crippen LogP contribution in [0.2, 0.25) is 0 Å². The monoisotopic (exact) mass is 301 g/mol. The van der Waals surface area contributed by atoms with Crippen LogP contribution in [0.25, 0.3) is 0 Å². The van der Waals surface area contributed by atoms with E-state index in [0.717, 1.165) is 31.9 Å². The molecule has 0 radical (unpaired) electrons. The van der Waals surface area contributed by atoms with Crippen molar-refractivity contribution in [2.45, 2.75) is 45.6 Å². The fraction of sp³-hybridized carbons (Fsp3) is 0.929. The Bertz CT molecular complexity index is 441. The zero-order chi connectivity index (χ0) is 14.6. The lowest BCUT2D eigenvalue weighted by Gasteiger charge is -2.24. The third kappa shape index (κ3) is 4.36. The number of nitrogens with zero attached hydrogens (tertiary/aromatic N) is 2. The van der Waals surface area contributed by atoms with Gasteiger partial charge in [0.1, 0.15) is 0 Å². The lowest BCUT2D eigenvalue weighted by atomic mass is 10.1. The fourth-order valence-electron chi connectivity index (χ4n) is 2.72. The molecule has 1 N–H and O–H groups in total. The van der Waals surface area contributed by atoms with Gasteiger partial charge in [0.05, 0.1) is 11.5 Å². The van der Waals surface area contributed by atoms with E-state index < -0.39 is 9.84 Å². The van der Waals surface area contributed by atoms with Crippen molar-refractivity contribution in [3.8, 4) is 0 Å². The highest BCUT2D eigenvalue weighted by Crippen LogP contribution is 2.19. The topological polar surface area (TPSA) is 61.8 Å². The summed E-state index contributed by atoms with van der Waals surface area (Å²) in [5, 5.41) is 3.48. The number of hydrogen-bond acceptors (Lipinski definition) is 3. The Morgan fingerprint density at radius 1 is 1.40 bits per heavy atom. The lowest BCUT2D eigenvalue weighted by Crippen LogP contribution is -2.44. The molecule has 2 atom stereocenters. The second-order valence-corrected chi connectivity index (χ2v) is 8.31. The normalized spacial score (nSPS) is 27.8. The Labute approximate surface area is 122 Å². The molecule has 20 heavy (non-hydrogen) atoms. The van der Waals surface area contributed by atoms with Gasteiger partial charge in [0.25, 0.3) is 0 Å². The van der Waals surface area contributed by atoms with Crippen LogP contribution in [0.1, 0.15) is 39.5 Å². The molecule has 0 aromatic carbocycles. The van der Waals surface area contributed by atoms with Crippen molar-refractivity contribution in [2.75, 3.05) is 31.1 Å². The Kier molecular flexibility index (Phi) is 5.29. The summed E-state index contributed by atoms with van der Waals surface area (Å²) in [4.78, 5) is 7.01. The number of aliphatic imine (C=N–C) groups is 1. The third-order valence-electron chi connectivity index (χ3n) is 4.22. The number of hydrogen-bond donors (Lipinski definition) is 1. The van der Waals surface area contributed by atoms with E-state index in [1.165, 1.54) is 12.8 Å². The summed E-state index contributed by atoms with van der Waals surface area (Å²) in [7, 11) is -2.79. The van der Waals surface area contributed by atoms with Gasteiger partial charge >= 0.3 is 0 Å². The molecule has 2 heterocycles. The molecule has 0 spiro atoms. The van der Waals surface area contributed by atoms with E-state index in [1.807, 2.05) is 0 Å². The van der Waals surface area contributed by atoms with Crippen molar-refractivity contribution in [2.24, 2.45) is 10.9 Å². The first kappa shape index (κ1) is 15.6. The minimum absolute atomic E-state index is 0.205. The third-order valence-corrected chi connectivity index (χ3v) is 6.06. The van der Waals surface area contributed by atoms with Gasteiger partial charge < -0.3 is 10.2 Å². The van der Waals surface area contributed by atoms with Crippen molar-refractivity contribution >= 4 is 15.8 Å². The van der Waals surface area contributed by atoms with Gasteiger partial charge in [0.2, 0.25) is 0 Å². The smallest absolute Gasteiger partial charge is 0.194 e. The summed E-state index contributed by atoms with van der Waals surface area (Å²) in [6.07, 6.45) is 4.27. The highest BCUT2D eigenvalue weighted by atomic mass is 32.2. The lowest BCUT2D eigenvalue weighted by molar-refractivity contribution is 0.468. The molecule has 0 aromatic heterocycles. The largest absolute Gasteiger partial charge is 0.354 e. The highest BCUT2D eigenvalue weighted by Gasteiger charge is 2.28. The maximum atomic E-state index is 11.5. The zero-order valence-electron chi connectivity index (χ0n) is 12.6. The van der Waals surface area contributed by atoms with E-state index in [0.29, 0.717) is 24.1 Å².